The van der Waals surface area contributed by atoms with Crippen LogP contribution < -0.4 is 0 Å². The third-order valence-corrected chi connectivity index (χ3v) is 24.1. The van der Waals surface area contributed by atoms with Crippen LogP contribution in [-0.4, -0.2) is 373 Å². The van der Waals surface area contributed by atoms with E-state index in [9.17, 15) is 102 Å². The van der Waals surface area contributed by atoms with Crippen LogP contribution in [0.25, 0.3) is 0 Å². The second kappa shape index (κ2) is 44.9. The summed E-state index contributed by atoms with van der Waals surface area (Å²) in [7, 11) is 0. The summed E-state index contributed by atoms with van der Waals surface area (Å²) in [5.41, 5.74) is 2.84. The fourth-order valence-corrected chi connectivity index (χ4v) is 17.9. The Bertz CT molecular complexity index is 2670. The fourth-order valence-electron chi connectivity index (χ4n) is 17.9. The minimum absolute atomic E-state index is 0.0876. The maximum Gasteiger partial charge on any atom is 0.224 e. The Morgan fingerprint density at radius 3 is 1.27 bits per heavy atom. The summed E-state index contributed by atoms with van der Waals surface area (Å²) in [6, 6.07) is 0. The zero-order valence-corrected chi connectivity index (χ0v) is 68.5. The smallest absolute Gasteiger partial charge is 0.224 e. The van der Waals surface area contributed by atoms with Gasteiger partial charge in [0.25, 0.3) is 0 Å². The van der Waals surface area contributed by atoms with Gasteiger partial charge in [0.1, 0.15) is 147 Å². The molecule has 0 aromatic heterocycles. The minimum Gasteiger partial charge on any atom is -0.394 e. The molecule has 9 fully saturated rings. The van der Waals surface area contributed by atoms with Crippen molar-refractivity contribution in [1.29, 1.82) is 0 Å². The molecule has 10 rings (SSSR count). The predicted molar refractivity (Wildman–Crippen MR) is 398 cm³/mol. The van der Waals surface area contributed by atoms with E-state index >= 15 is 0 Å². The highest BCUT2D eigenvalue weighted by molar-refractivity contribution is 5.26. The van der Waals surface area contributed by atoms with Gasteiger partial charge in [0.15, 0.2) is 31.5 Å². The number of hydrogen-bond acceptors (Lipinski definition) is 35. The average Bonchev–Trinajstić information content (AvgIpc) is 1.65. The molecular weight excluding hydrogens is 1500 g/mol. The number of aliphatic hydroxyl groups excluding tert-OH is 22. The molecule has 4 aliphatic carbocycles. The van der Waals surface area contributed by atoms with Crippen LogP contribution in [0.2, 0.25) is 0 Å². The summed E-state index contributed by atoms with van der Waals surface area (Å²) in [5.74, 6) is 3.45. The van der Waals surface area contributed by atoms with E-state index in [2.05, 4.69) is 54.5 Å². The number of aliphatic hydroxyl groups is 22. The van der Waals surface area contributed by atoms with Crippen molar-refractivity contribution in [2.75, 3.05) is 46.2 Å². The highest BCUT2D eigenvalue weighted by Gasteiger charge is 2.62. The third kappa shape index (κ3) is 24.8. The minimum atomic E-state index is -2.15. The van der Waals surface area contributed by atoms with Crippen molar-refractivity contribution in [1.82, 2.24) is 0 Å². The second-order valence-electron chi connectivity index (χ2n) is 34.6. The molecule has 0 aromatic carbocycles. The van der Waals surface area contributed by atoms with Gasteiger partial charge in [-0.05, 0) is 167 Å². The average molecular weight is 1640 g/mol. The van der Waals surface area contributed by atoms with E-state index in [0.717, 1.165) is 35.5 Å². The fraction of sp³-hybridized carbons (Fsp3) is 0.974. The van der Waals surface area contributed by atoms with Crippen molar-refractivity contribution in [3.05, 3.63) is 11.6 Å². The van der Waals surface area contributed by atoms with Gasteiger partial charge < -0.3 is 174 Å². The van der Waals surface area contributed by atoms with Gasteiger partial charge in [-0.1, -0.05) is 65.5 Å². The van der Waals surface area contributed by atoms with Crippen LogP contribution in [0.4, 0.5) is 0 Å². The van der Waals surface area contributed by atoms with Crippen molar-refractivity contribution in [3.8, 4) is 0 Å². The topological polar surface area (TPSA) is 565 Å². The van der Waals surface area contributed by atoms with Gasteiger partial charge in [0.05, 0.1) is 76.3 Å². The van der Waals surface area contributed by atoms with Crippen molar-refractivity contribution < 1.29 is 174 Å². The quantitative estimate of drug-likeness (QED) is 0.0392. The number of rotatable bonds is 26. The molecule has 0 spiro atoms. The van der Waals surface area contributed by atoms with E-state index in [4.69, 9.17) is 71.8 Å². The molecule has 3 saturated carbocycles. The van der Waals surface area contributed by atoms with Gasteiger partial charge >= 0.3 is 0 Å². The predicted octanol–water partition coefficient (Wildman–Crippen LogP) is -2.68. The van der Waals surface area contributed by atoms with E-state index in [1.54, 1.807) is 61.0 Å². The normalized spacial score (nSPS) is 44.8. The SMILES string of the molecule is CC(C)CCCC(C)C1CCC2C3CC=C4C[C@@H](OC(C)C)CCC4(C)C3CCC12C.CC(C)OC[C@H]1O[C@@](CO)(O[C@H]2OC(CO)[C@@H](O)C(O)C2O)C(O)C1O.CC(C)O[C@H]1OC(CO)[C@@H](O)[C@H](O)C1O.CC(C)O[C@H]1OC(CO)[C@@H](O[C@@H]2OC(CO)[C@H](O)C(O)C2O)C(O)C1O.CC(C)O[C@H]1OC(CO)[C@H](O)[C@H](O)C1O. The molecule has 35 nitrogen and oxygen atoms in total. The highest BCUT2D eigenvalue weighted by Crippen LogP contribution is 2.67. The molecule has 0 aromatic rings. The van der Waals surface area contributed by atoms with Crippen LogP contribution in [0.3, 0.4) is 0 Å². The monoisotopic (exact) mass is 1640 g/mol. The van der Waals surface area contributed by atoms with Gasteiger partial charge in [-0.2, -0.15) is 0 Å². The molecule has 0 bridgehead atoms. The first-order chi connectivity index (χ1) is 53.0. The Balaban J connectivity index is 0.000000226. The van der Waals surface area contributed by atoms with Crippen LogP contribution in [0.5, 0.6) is 0 Å². The van der Waals surface area contributed by atoms with Crippen LogP contribution in [0.1, 0.15) is 174 Å². The lowest BCUT2D eigenvalue weighted by molar-refractivity contribution is -0.383. The first-order valence-electron chi connectivity index (χ1n) is 40.7. The third-order valence-electron chi connectivity index (χ3n) is 24.1. The van der Waals surface area contributed by atoms with Gasteiger partial charge in [0.2, 0.25) is 5.79 Å². The summed E-state index contributed by atoms with van der Waals surface area (Å²) in [4.78, 5) is 0. The summed E-state index contributed by atoms with van der Waals surface area (Å²) in [6.45, 7) is 27.3. The van der Waals surface area contributed by atoms with Gasteiger partial charge in [-0.25, -0.2) is 0 Å². The second-order valence-corrected chi connectivity index (χ2v) is 34.6. The first-order valence-corrected chi connectivity index (χ1v) is 40.7. The van der Waals surface area contributed by atoms with Crippen molar-refractivity contribution >= 4 is 0 Å². The van der Waals surface area contributed by atoms with Crippen LogP contribution in [0.15, 0.2) is 11.6 Å². The van der Waals surface area contributed by atoms with Crippen molar-refractivity contribution in [3.63, 3.8) is 0 Å². The van der Waals surface area contributed by atoms with Crippen molar-refractivity contribution in [2.24, 2.45) is 46.3 Å². The molecular formula is C78H144O35. The standard InChI is InChI=1S/C30H52O.2C15H28O11.2C9H18O6/c1-20(2)9-8-10-22(5)26-13-14-27-25-12-11-23-19-24(31-21(3)4)15-17-29(23,6)28(25)16-18-30(26,27)7;1-6(2)23-4-8-10(19)13(22)15(5-17,25-8)26-14-12(21)11(20)9(18)7(3-16)24-14;1-5(2)23-14-12(22)10(20)13(7(4-17)25-14)26-15-11(21)9(19)8(18)6(3-16)24-15;2*1-4(2)14-9-8(13)7(12)6(11)5(3-10)15-9/h11,20-22,24-28H,8-10,12-19H2,1-7H3;6-14,16-22H,3-5H2,1-2H3;5-22H,3-4H2,1-2H3;2*4-13H,3H2,1-2H3/t22?,24-,25?,26?,27?,28?,29?,30?;7?,8-,9-,10?,11?,12?,13?,14-,15+;6?,7?,8-,9?,10?,11?,12?,13+,14-,15-;5?,6-,7+,8?,9+;5?,6-,7-,8?,9-/m01010/s1. The lowest BCUT2D eigenvalue weighted by Crippen LogP contribution is -2.64. The maximum absolute atomic E-state index is 10.3. The van der Waals surface area contributed by atoms with Gasteiger partial charge in [-0.15, -0.1) is 0 Å². The molecule has 0 radical (unpaired) electrons. The summed E-state index contributed by atoms with van der Waals surface area (Å²) in [5, 5.41) is 212. The van der Waals surface area contributed by atoms with E-state index < -0.39 is 217 Å². The highest BCUT2D eigenvalue weighted by atomic mass is 16.8. The number of allylic oxidation sites excluding steroid dienone is 1. The molecule has 0 amide bonds. The van der Waals surface area contributed by atoms with E-state index in [1.165, 1.54) is 70.6 Å². The van der Waals surface area contributed by atoms with Gasteiger partial charge in [0, 0.05) is 0 Å². The molecule has 35 heteroatoms. The Morgan fingerprint density at radius 2 is 0.841 bits per heavy atom. The molecule has 6 saturated heterocycles. The summed E-state index contributed by atoms with van der Waals surface area (Å²) in [6.07, 6.45) is -20.3. The maximum atomic E-state index is 10.3. The Labute approximate surface area is 664 Å². The van der Waals surface area contributed by atoms with Crippen LogP contribution in [-0.2, 0) is 61.6 Å². The van der Waals surface area contributed by atoms with Gasteiger partial charge in [-0.3, -0.25) is 0 Å². The summed E-state index contributed by atoms with van der Waals surface area (Å²) < 4.78 is 69.6. The zero-order valence-electron chi connectivity index (χ0n) is 68.5. The summed E-state index contributed by atoms with van der Waals surface area (Å²) >= 11 is 0. The Hall–Kier alpha value is -1.66. The van der Waals surface area contributed by atoms with Crippen molar-refractivity contribution in [2.45, 2.75) is 389 Å². The molecule has 113 heavy (non-hydrogen) atoms. The molecule has 10 aliphatic rings. The number of fused-ring (bicyclic) bond motifs is 5. The Morgan fingerprint density at radius 1 is 0.416 bits per heavy atom. The molecule has 37 atom stereocenters. The zero-order chi connectivity index (χ0) is 84.8. The molecule has 6 aliphatic heterocycles. The molecule has 22 unspecified atom stereocenters. The van der Waals surface area contributed by atoms with E-state index in [-0.39, 0.29) is 31.0 Å². The van der Waals surface area contributed by atoms with Crippen LogP contribution in [0, 0.1) is 46.3 Å². The van der Waals surface area contributed by atoms with E-state index in [0.29, 0.717) is 23.0 Å². The molecule has 22 N–H and O–H groups in total. The molecule has 6 heterocycles. The van der Waals surface area contributed by atoms with E-state index in [1.807, 2.05) is 0 Å². The largest absolute Gasteiger partial charge is 0.394 e. The van der Waals surface area contributed by atoms with Crippen LogP contribution >= 0.6 is 0 Å². The number of ether oxygens (including phenoxy) is 13. The lowest BCUT2D eigenvalue weighted by Gasteiger charge is -2.58. The lowest BCUT2D eigenvalue weighted by atomic mass is 9.47. The number of hydrogen-bond donors (Lipinski definition) is 22. The molecule has 666 valence electrons. The first kappa shape index (κ1) is 100. The Kier molecular flexibility index (Phi) is 39.8.